The highest BCUT2D eigenvalue weighted by molar-refractivity contribution is 9.10. The van der Waals surface area contributed by atoms with Gasteiger partial charge in [-0.2, -0.15) is 0 Å². The van der Waals surface area contributed by atoms with Crippen LogP contribution in [-0.2, 0) is 10.0 Å². The van der Waals surface area contributed by atoms with Gasteiger partial charge in [0, 0.05) is 16.9 Å². The standard InChI is InChI=1S/C12H11BrN2O2S/c1-9-8-14-7-6-12(9)15-18(16,17)11-4-2-10(13)3-5-11/h2-8H,1H3,(H,14,15). The van der Waals surface area contributed by atoms with Crippen LogP contribution >= 0.6 is 15.9 Å². The van der Waals surface area contributed by atoms with Crippen molar-refractivity contribution in [3.63, 3.8) is 0 Å². The molecule has 0 aliphatic rings. The Bertz CT molecular complexity index is 654. The Morgan fingerprint density at radius 2 is 1.83 bits per heavy atom. The number of benzene rings is 1. The molecule has 6 heteroatoms. The zero-order valence-electron chi connectivity index (χ0n) is 9.59. The van der Waals surface area contributed by atoms with Crippen molar-refractivity contribution in [3.05, 3.63) is 52.8 Å². The van der Waals surface area contributed by atoms with Gasteiger partial charge in [-0.15, -0.1) is 0 Å². The average Bonchev–Trinajstić information content (AvgIpc) is 2.32. The second-order valence-electron chi connectivity index (χ2n) is 3.75. The molecule has 1 aromatic heterocycles. The molecule has 1 N–H and O–H groups in total. The number of pyridine rings is 1. The van der Waals surface area contributed by atoms with Crippen molar-refractivity contribution in [1.82, 2.24) is 4.98 Å². The van der Waals surface area contributed by atoms with E-state index in [0.717, 1.165) is 10.0 Å². The maximum absolute atomic E-state index is 12.1. The lowest BCUT2D eigenvalue weighted by Gasteiger charge is -2.09. The second-order valence-corrected chi connectivity index (χ2v) is 6.35. The van der Waals surface area contributed by atoms with Crippen LogP contribution in [0.2, 0.25) is 0 Å². The molecule has 0 fully saturated rings. The molecule has 0 bridgehead atoms. The summed E-state index contributed by atoms with van der Waals surface area (Å²) < 4.78 is 27.6. The van der Waals surface area contributed by atoms with Crippen molar-refractivity contribution in [3.8, 4) is 0 Å². The van der Waals surface area contributed by atoms with E-state index in [4.69, 9.17) is 0 Å². The van der Waals surface area contributed by atoms with Crippen molar-refractivity contribution in [1.29, 1.82) is 0 Å². The Labute approximate surface area is 114 Å². The molecule has 18 heavy (non-hydrogen) atoms. The van der Waals surface area contributed by atoms with Crippen molar-refractivity contribution < 1.29 is 8.42 Å². The number of nitrogens with one attached hydrogen (secondary N) is 1. The van der Waals surface area contributed by atoms with Crippen LogP contribution in [0.3, 0.4) is 0 Å². The van der Waals surface area contributed by atoms with E-state index in [1.54, 1.807) is 49.6 Å². The third-order valence-corrected chi connectivity index (χ3v) is 4.30. The predicted molar refractivity (Wildman–Crippen MR) is 73.9 cm³/mol. The van der Waals surface area contributed by atoms with E-state index in [-0.39, 0.29) is 4.90 Å². The fourth-order valence-corrected chi connectivity index (χ4v) is 2.80. The first-order valence-corrected chi connectivity index (χ1v) is 7.46. The molecule has 94 valence electrons. The van der Waals surface area contributed by atoms with Gasteiger partial charge < -0.3 is 0 Å². The maximum atomic E-state index is 12.1. The molecule has 0 spiro atoms. The molecule has 0 saturated heterocycles. The third kappa shape index (κ3) is 2.88. The maximum Gasteiger partial charge on any atom is 0.261 e. The number of aryl methyl sites for hydroxylation is 1. The van der Waals surface area contributed by atoms with Crippen LogP contribution in [0, 0.1) is 6.92 Å². The third-order valence-electron chi connectivity index (χ3n) is 2.39. The van der Waals surface area contributed by atoms with Crippen LogP contribution in [0.1, 0.15) is 5.56 Å². The van der Waals surface area contributed by atoms with Gasteiger partial charge in [-0.1, -0.05) is 15.9 Å². The normalized spacial score (nSPS) is 11.2. The minimum Gasteiger partial charge on any atom is -0.279 e. The van der Waals surface area contributed by atoms with E-state index in [9.17, 15) is 8.42 Å². The quantitative estimate of drug-likeness (QED) is 0.943. The zero-order chi connectivity index (χ0) is 13.2. The predicted octanol–water partition coefficient (Wildman–Crippen LogP) is 2.95. The van der Waals surface area contributed by atoms with E-state index in [1.165, 1.54) is 0 Å². The van der Waals surface area contributed by atoms with Gasteiger partial charge in [0.25, 0.3) is 10.0 Å². The summed E-state index contributed by atoms with van der Waals surface area (Å²) in [6.45, 7) is 1.80. The summed E-state index contributed by atoms with van der Waals surface area (Å²) in [5, 5.41) is 0. The number of hydrogen-bond acceptors (Lipinski definition) is 3. The fourth-order valence-electron chi connectivity index (χ4n) is 1.41. The molecule has 0 radical (unpaired) electrons. The van der Waals surface area contributed by atoms with Crippen LogP contribution in [-0.4, -0.2) is 13.4 Å². The summed E-state index contributed by atoms with van der Waals surface area (Å²) in [5.41, 5.74) is 1.31. The molecule has 0 amide bonds. The van der Waals surface area contributed by atoms with Crippen LogP contribution in [0.4, 0.5) is 5.69 Å². The fraction of sp³-hybridized carbons (Fsp3) is 0.0833. The highest BCUT2D eigenvalue weighted by Crippen LogP contribution is 2.20. The van der Waals surface area contributed by atoms with Gasteiger partial charge in [-0.3, -0.25) is 9.71 Å². The molecule has 4 nitrogen and oxygen atoms in total. The second kappa shape index (κ2) is 5.07. The topological polar surface area (TPSA) is 59.1 Å². The Hall–Kier alpha value is -1.40. The molecule has 0 unspecified atom stereocenters. The number of rotatable bonds is 3. The first-order chi connectivity index (χ1) is 8.49. The van der Waals surface area contributed by atoms with Gasteiger partial charge in [-0.25, -0.2) is 8.42 Å². The van der Waals surface area contributed by atoms with Crippen LogP contribution < -0.4 is 4.72 Å². The van der Waals surface area contributed by atoms with Crippen molar-refractivity contribution >= 4 is 31.6 Å². The van der Waals surface area contributed by atoms with Gasteiger partial charge in [0.05, 0.1) is 10.6 Å². The SMILES string of the molecule is Cc1cnccc1NS(=O)(=O)c1ccc(Br)cc1. The van der Waals surface area contributed by atoms with Crippen molar-refractivity contribution in [2.75, 3.05) is 4.72 Å². The molecular formula is C12H11BrN2O2S. The Balaban J connectivity index is 2.33. The molecule has 0 saturated carbocycles. The summed E-state index contributed by atoms with van der Waals surface area (Å²) in [5.74, 6) is 0. The Morgan fingerprint density at radius 1 is 1.17 bits per heavy atom. The lowest BCUT2D eigenvalue weighted by Crippen LogP contribution is -2.13. The van der Waals surface area contributed by atoms with Crippen LogP contribution in [0.25, 0.3) is 0 Å². The Kier molecular flexibility index (Phi) is 3.68. The van der Waals surface area contributed by atoms with Crippen molar-refractivity contribution in [2.24, 2.45) is 0 Å². The lowest BCUT2D eigenvalue weighted by molar-refractivity contribution is 0.601. The average molecular weight is 327 g/mol. The van der Waals surface area contributed by atoms with Crippen molar-refractivity contribution in [2.45, 2.75) is 11.8 Å². The van der Waals surface area contributed by atoms with Gasteiger partial charge in [0.2, 0.25) is 0 Å². The minimum atomic E-state index is -3.55. The number of nitrogens with zero attached hydrogens (tertiary/aromatic N) is 1. The zero-order valence-corrected chi connectivity index (χ0v) is 12.0. The first kappa shape index (κ1) is 13.0. The molecule has 1 aromatic carbocycles. The number of sulfonamides is 1. The van der Waals surface area contributed by atoms with Gasteiger partial charge in [0.15, 0.2) is 0 Å². The van der Waals surface area contributed by atoms with Gasteiger partial charge in [0.1, 0.15) is 0 Å². The number of anilines is 1. The number of halogens is 1. The number of hydrogen-bond donors (Lipinski definition) is 1. The summed E-state index contributed by atoms with van der Waals surface area (Å²) in [7, 11) is -3.55. The van der Waals surface area contributed by atoms with E-state index in [0.29, 0.717) is 5.69 Å². The molecule has 2 aromatic rings. The van der Waals surface area contributed by atoms with E-state index in [1.807, 2.05) is 0 Å². The molecule has 0 atom stereocenters. The van der Waals surface area contributed by atoms with Crippen LogP contribution in [0.15, 0.2) is 52.1 Å². The van der Waals surface area contributed by atoms with E-state index in [2.05, 4.69) is 25.6 Å². The first-order valence-electron chi connectivity index (χ1n) is 5.18. The molecule has 2 rings (SSSR count). The summed E-state index contributed by atoms with van der Waals surface area (Å²) in [6.07, 6.45) is 3.16. The van der Waals surface area contributed by atoms with E-state index >= 15 is 0 Å². The Morgan fingerprint density at radius 3 is 2.44 bits per heavy atom. The van der Waals surface area contributed by atoms with Crippen LogP contribution in [0.5, 0.6) is 0 Å². The summed E-state index contributed by atoms with van der Waals surface area (Å²) in [6, 6.07) is 8.10. The summed E-state index contributed by atoms with van der Waals surface area (Å²) in [4.78, 5) is 4.14. The van der Waals surface area contributed by atoms with E-state index < -0.39 is 10.0 Å². The minimum absolute atomic E-state index is 0.224. The van der Waals surface area contributed by atoms with Gasteiger partial charge >= 0.3 is 0 Å². The van der Waals surface area contributed by atoms with Gasteiger partial charge in [-0.05, 0) is 42.8 Å². The number of aromatic nitrogens is 1. The smallest absolute Gasteiger partial charge is 0.261 e. The monoisotopic (exact) mass is 326 g/mol. The molecule has 1 heterocycles. The highest BCUT2D eigenvalue weighted by atomic mass is 79.9. The lowest BCUT2D eigenvalue weighted by atomic mass is 10.3. The molecular weight excluding hydrogens is 316 g/mol. The molecule has 0 aliphatic carbocycles. The largest absolute Gasteiger partial charge is 0.279 e. The summed E-state index contributed by atoms with van der Waals surface area (Å²) >= 11 is 3.27. The molecule has 0 aliphatic heterocycles. The highest BCUT2D eigenvalue weighted by Gasteiger charge is 2.14.